The maximum atomic E-state index is 12.6. The number of alkyl halides is 2. The van der Waals surface area contributed by atoms with Crippen LogP contribution < -0.4 is 10.1 Å². The number of ether oxygens (including phenoxy) is 1. The topological polar surface area (TPSA) is 88.6 Å². The number of carbonyl (C=O) groups is 3. The molecule has 158 valence electrons. The molecule has 1 N–H and O–H groups in total. The number of hydrogen-bond acceptors (Lipinski definition) is 6. The minimum atomic E-state index is -2.97. The Bertz CT molecular complexity index is 1130. The van der Waals surface area contributed by atoms with Gasteiger partial charge in [0.05, 0.1) is 16.8 Å². The average molecular weight is 443 g/mol. The number of para-hydroxylation sites is 1. The molecular formula is C21H15F2N3O4S. The van der Waals surface area contributed by atoms with E-state index in [0.717, 1.165) is 16.2 Å². The predicted octanol–water partition coefficient (Wildman–Crippen LogP) is 4.04. The normalized spacial score (nSPS) is 12.9. The molecule has 0 unspecified atom stereocenters. The van der Waals surface area contributed by atoms with Gasteiger partial charge in [-0.15, -0.1) is 11.3 Å². The lowest BCUT2D eigenvalue weighted by atomic mass is 10.1. The van der Waals surface area contributed by atoms with Crippen LogP contribution >= 0.6 is 11.3 Å². The van der Waals surface area contributed by atoms with Crippen molar-refractivity contribution >= 4 is 34.2 Å². The fourth-order valence-electron chi connectivity index (χ4n) is 3.17. The van der Waals surface area contributed by atoms with E-state index in [9.17, 15) is 23.2 Å². The Labute approximate surface area is 179 Å². The number of amides is 3. The molecule has 3 amide bonds. The molecule has 31 heavy (non-hydrogen) atoms. The summed E-state index contributed by atoms with van der Waals surface area (Å²) in [6, 6.07) is 12.7. The molecule has 4 rings (SSSR count). The molecule has 7 nitrogen and oxygen atoms in total. The largest absolute Gasteiger partial charge is 0.434 e. The highest BCUT2D eigenvalue weighted by Crippen LogP contribution is 2.33. The van der Waals surface area contributed by atoms with Crippen molar-refractivity contribution in [3.05, 3.63) is 65.0 Å². The fourth-order valence-corrected chi connectivity index (χ4v) is 3.90. The summed E-state index contributed by atoms with van der Waals surface area (Å²) in [5.41, 5.74) is 1.38. The number of thiazole rings is 1. The van der Waals surface area contributed by atoms with Gasteiger partial charge in [-0.3, -0.25) is 19.3 Å². The first-order chi connectivity index (χ1) is 14.9. The Morgan fingerprint density at radius 3 is 2.29 bits per heavy atom. The van der Waals surface area contributed by atoms with E-state index < -0.39 is 24.3 Å². The average Bonchev–Trinajstić information content (AvgIpc) is 3.30. The van der Waals surface area contributed by atoms with Gasteiger partial charge in [0.25, 0.3) is 11.8 Å². The number of nitrogens with zero attached hydrogens (tertiary/aromatic N) is 2. The number of fused-ring (bicyclic) bond motifs is 1. The van der Waals surface area contributed by atoms with Crippen molar-refractivity contribution in [3.63, 3.8) is 0 Å². The summed E-state index contributed by atoms with van der Waals surface area (Å²) in [4.78, 5) is 42.3. The van der Waals surface area contributed by atoms with Crippen LogP contribution in [0.2, 0.25) is 0 Å². The standard InChI is InChI=1S/C21H15F2N3O4S/c22-20(23)30-16-8-4-3-7-14(16)15-11-31-21(24-15)25-17(27)9-10-26-18(28)12-5-1-2-6-13(12)19(26)29/h1-8,11,20H,9-10H2,(H,24,25,27). The van der Waals surface area contributed by atoms with Crippen LogP contribution in [0.1, 0.15) is 27.1 Å². The molecule has 0 atom stereocenters. The van der Waals surface area contributed by atoms with Gasteiger partial charge in [0.15, 0.2) is 5.13 Å². The first kappa shape index (κ1) is 20.6. The molecule has 1 aromatic heterocycles. The van der Waals surface area contributed by atoms with Crippen LogP contribution in [0.5, 0.6) is 5.75 Å². The molecule has 1 aliphatic heterocycles. The monoisotopic (exact) mass is 443 g/mol. The van der Waals surface area contributed by atoms with Gasteiger partial charge in [-0.25, -0.2) is 4.98 Å². The van der Waals surface area contributed by atoms with Crippen molar-refractivity contribution in [2.45, 2.75) is 13.0 Å². The lowest BCUT2D eigenvalue weighted by Crippen LogP contribution is -2.32. The molecule has 0 aliphatic carbocycles. The summed E-state index contributed by atoms with van der Waals surface area (Å²) in [5.74, 6) is -1.32. The summed E-state index contributed by atoms with van der Waals surface area (Å²) in [6.45, 7) is -3.04. The van der Waals surface area contributed by atoms with Crippen molar-refractivity contribution in [1.29, 1.82) is 0 Å². The van der Waals surface area contributed by atoms with Gasteiger partial charge < -0.3 is 10.1 Å². The maximum absolute atomic E-state index is 12.6. The quantitative estimate of drug-likeness (QED) is 0.557. The molecule has 0 bridgehead atoms. The van der Waals surface area contributed by atoms with Gasteiger partial charge in [-0.05, 0) is 24.3 Å². The fraction of sp³-hybridized carbons (Fsp3) is 0.143. The zero-order chi connectivity index (χ0) is 22.0. The number of hydrogen-bond donors (Lipinski definition) is 1. The van der Waals surface area contributed by atoms with Crippen molar-refractivity contribution in [1.82, 2.24) is 9.88 Å². The van der Waals surface area contributed by atoms with Crippen LogP contribution in [-0.4, -0.2) is 40.8 Å². The zero-order valence-corrected chi connectivity index (χ0v) is 16.7. The van der Waals surface area contributed by atoms with E-state index in [1.165, 1.54) is 6.07 Å². The van der Waals surface area contributed by atoms with Crippen LogP contribution in [0.25, 0.3) is 11.3 Å². The number of aromatic nitrogens is 1. The highest BCUT2D eigenvalue weighted by atomic mass is 32.1. The zero-order valence-electron chi connectivity index (χ0n) is 15.9. The van der Waals surface area contributed by atoms with Crippen molar-refractivity contribution < 1.29 is 27.9 Å². The lowest BCUT2D eigenvalue weighted by Gasteiger charge is -2.13. The minimum Gasteiger partial charge on any atom is -0.434 e. The van der Waals surface area contributed by atoms with Gasteiger partial charge >= 0.3 is 6.61 Å². The molecule has 0 fully saturated rings. The Morgan fingerprint density at radius 2 is 1.65 bits per heavy atom. The van der Waals surface area contributed by atoms with Crippen LogP contribution in [0.4, 0.5) is 13.9 Å². The van der Waals surface area contributed by atoms with Crippen molar-refractivity contribution in [2.75, 3.05) is 11.9 Å². The Balaban J connectivity index is 1.39. The van der Waals surface area contributed by atoms with E-state index in [1.54, 1.807) is 47.8 Å². The number of benzene rings is 2. The third-order valence-electron chi connectivity index (χ3n) is 4.57. The highest BCUT2D eigenvalue weighted by Gasteiger charge is 2.35. The van der Waals surface area contributed by atoms with E-state index >= 15 is 0 Å². The van der Waals surface area contributed by atoms with Crippen LogP contribution in [0, 0.1) is 0 Å². The van der Waals surface area contributed by atoms with Gasteiger partial charge in [-0.2, -0.15) is 8.78 Å². The first-order valence-corrected chi connectivity index (χ1v) is 10.1. The third kappa shape index (κ3) is 4.29. The number of anilines is 1. The Kier molecular flexibility index (Phi) is 5.72. The number of carbonyl (C=O) groups excluding carboxylic acids is 3. The third-order valence-corrected chi connectivity index (χ3v) is 5.33. The van der Waals surface area contributed by atoms with Gasteiger partial charge in [0, 0.05) is 23.9 Å². The minimum absolute atomic E-state index is 0.0219. The number of imide groups is 1. The van der Waals surface area contributed by atoms with Crippen molar-refractivity contribution in [3.8, 4) is 17.0 Å². The molecule has 0 saturated heterocycles. The van der Waals surface area contributed by atoms with E-state index in [2.05, 4.69) is 15.0 Å². The summed E-state index contributed by atoms with van der Waals surface area (Å²) in [6.07, 6.45) is -0.106. The highest BCUT2D eigenvalue weighted by molar-refractivity contribution is 7.14. The summed E-state index contributed by atoms with van der Waals surface area (Å²) >= 11 is 1.12. The molecule has 0 radical (unpaired) electrons. The maximum Gasteiger partial charge on any atom is 0.387 e. The van der Waals surface area contributed by atoms with Crippen LogP contribution in [0.15, 0.2) is 53.9 Å². The molecule has 1 aliphatic rings. The van der Waals surface area contributed by atoms with E-state index in [-0.39, 0.29) is 23.8 Å². The number of nitrogens with one attached hydrogen (secondary N) is 1. The van der Waals surface area contributed by atoms with Crippen LogP contribution in [-0.2, 0) is 4.79 Å². The second kappa shape index (κ2) is 8.60. The first-order valence-electron chi connectivity index (χ1n) is 9.19. The van der Waals surface area contributed by atoms with E-state index in [1.807, 2.05) is 0 Å². The molecule has 2 heterocycles. The van der Waals surface area contributed by atoms with Crippen LogP contribution in [0.3, 0.4) is 0 Å². The Hall–Kier alpha value is -3.66. The number of halogens is 2. The SMILES string of the molecule is O=C(CCN1C(=O)c2ccccc2C1=O)Nc1nc(-c2ccccc2OC(F)F)cs1. The second-order valence-corrected chi connectivity index (χ2v) is 7.38. The predicted molar refractivity (Wildman–Crippen MR) is 109 cm³/mol. The van der Waals surface area contributed by atoms with Gasteiger partial charge in [-0.1, -0.05) is 24.3 Å². The molecule has 3 aromatic rings. The van der Waals surface area contributed by atoms with E-state index in [4.69, 9.17) is 0 Å². The summed E-state index contributed by atoms with van der Waals surface area (Å²) in [5, 5.41) is 4.46. The van der Waals surface area contributed by atoms with Crippen molar-refractivity contribution in [2.24, 2.45) is 0 Å². The molecule has 0 spiro atoms. The Morgan fingerprint density at radius 1 is 1.03 bits per heavy atom. The van der Waals surface area contributed by atoms with Gasteiger partial charge in [0.2, 0.25) is 5.91 Å². The summed E-state index contributed by atoms with van der Waals surface area (Å²) in [7, 11) is 0. The molecular weight excluding hydrogens is 428 g/mol. The van der Waals surface area contributed by atoms with Gasteiger partial charge in [0.1, 0.15) is 5.75 Å². The molecule has 2 aromatic carbocycles. The lowest BCUT2D eigenvalue weighted by molar-refractivity contribution is -0.116. The smallest absolute Gasteiger partial charge is 0.387 e. The second-order valence-electron chi connectivity index (χ2n) is 6.52. The van der Waals surface area contributed by atoms with E-state index in [0.29, 0.717) is 22.4 Å². The summed E-state index contributed by atoms with van der Waals surface area (Å²) < 4.78 is 29.7. The molecule has 0 saturated carbocycles. The number of rotatable bonds is 7. The molecule has 10 heteroatoms.